The van der Waals surface area contributed by atoms with Crippen molar-refractivity contribution in [3.8, 4) is 56.2 Å². The standard InChI is InChI=1S/C59H38N2/c1-4-17-40(18-5-1)56-38-57(45-29-28-39-16-10-11-19-41(39)34-45)61-58(60-56)52-33-32-48(49-26-14-15-27-50(49)52)44-30-31-51-53-35-42-20-12-13-21-43(42)36-55(53)59(54(51)37-44,46-22-6-2-7-23-46)47-24-8-3-9-25-47/h1-38H. The fraction of sp³-hybridized carbons (Fsp3) is 0.0169. The van der Waals surface area contributed by atoms with E-state index in [1.165, 1.54) is 66.1 Å². The van der Waals surface area contributed by atoms with Gasteiger partial charge < -0.3 is 0 Å². The number of nitrogens with zero attached hydrogens (tertiary/aromatic N) is 2. The van der Waals surface area contributed by atoms with Crippen LogP contribution < -0.4 is 0 Å². The van der Waals surface area contributed by atoms with Crippen molar-refractivity contribution >= 4 is 32.3 Å². The molecule has 10 aromatic carbocycles. The van der Waals surface area contributed by atoms with Gasteiger partial charge in [-0.15, -0.1) is 0 Å². The number of fused-ring (bicyclic) bond motifs is 6. The van der Waals surface area contributed by atoms with Gasteiger partial charge in [-0.25, -0.2) is 9.97 Å². The summed E-state index contributed by atoms with van der Waals surface area (Å²) in [6.45, 7) is 0. The van der Waals surface area contributed by atoms with Crippen LogP contribution in [0.15, 0.2) is 231 Å². The first-order valence-electron chi connectivity index (χ1n) is 21.0. The Morgan fingerprint density at radius 2 is 0.770 bits per heavy atom. The molecule has 0 saturated heterocycles. The molecule has 0 N–H and O–H groups in total. The predicted molar refractivity (Wildman–Crippen MR) is 254 cm³/mol. The van der Waals surface area contributed by atoms with Crippen molar-refractivity contribution in [3.63, 3.8) is 0 Å². The van der Waals surface area contributed by atoms with E-state index in [4.69, 9.17) is 9.97 Å². The summed E-state index contributed by atoms with van der Waals surface area (Å²) >= 11 is 0. The molecular formula is C59H38N2. The van der Waals surface area contributed by atoms with Crippen LogP contribution in [0.5, 0.6) is 0 Å². The minimum Gasteiger partial charge on any atom is -0.228 e. The topological polar surface area (TPSA) is 25.8 Å². The van der Waals surface area contributed by atoms with E-state index >= 15 is 0 Å². The highest BCUT2D eigenvalue weighted by Crippen LogP contribution is 2.57. The highest BCUT2D eigenvalue weighted by molar-refractivity contribution is 6.05. The molecule has 2 heteroatoms. The van der Waals surface area contributed by atoms with E-state index in [2.05, 4.69) is 224 Å². The lowest BCUT2D eigenvalue weighted by molar-refractivity contribution is 0.770. The number of rotatable bonds is 6. The van der Waals surface area contributed by atoms with Crippen LogP contribution in [-0.4, -0.2) is 9.97 Å². The van der Waals surface area contributed by atoms with Gasteiger partial charge in [0.05, 0.1) is 16.8 Å². The van der Waals surface area contributed by atoms with Gasteiger partial charge in [0.2, 0.25) is 0 Å². The van der Waals surface area contributed by atoms with Gasteiger partial charge in [0.1, 0.15) is 0 Å². The Hall–Kier alpha value is -7.94. The second kappa shape index (κ2) is 14.1. The van der Waals surface area contributed by atoms with Crippen molar-refractivity contribution in [2.24, 2.45) is 0 Å². The van der Waals surface area contributed by atoms with Gasteiger partial charge in [-0.2, -0.15) is 0 Å². The molecule has 1 heterocycles. The number of hydrogen-bond acceptors (Lipinski definition) is 2. The van der Waals surface area contributed by atoms with E-state index in [0.29, 0.717) is 5.82 Å². The van der Waals surface area contributed by atoms with Crippen LogP contribution in [0.3, 0.4) is 0 Å². The Kier molecular flexibility index (Phi) is 8.11. The zero-order chi connectivity index (χ0) is 40.3. The Balaban J connectivity index is 1.07. The van der Waals surface area contributed by atoms with Crippen molar-refractivity contribution in [2.75, 3.05) is 0 Å². The van der Waals surface area contributed by atoms with Gasteiger partial charge in [0.15, 0.2) is 5.82 Å². The fourth-order valence-corrected chi connectivity index (χ4v) is 9.91. The molecule has 61 heavy (non-hydrogen) atoms. The molecule has 0 bridgehead atoms. The SMILES string of the molecule is c1ccc(-c2cc(-c3ccc4ccccc4c3)nc(-c3ccc(-c4ccc5c(c4)C(c4ccccc4)(c4ccccc4)c4cc6ccccc6cc4-5)c4ccccc34)n2)cc1. The highest BCUT2D eigenvalue weighted by atomic mass is 14.9. The summed E-state index contributed by atoms with van der Waals surface area (Å²) in [6, 6.07) is 83.7. The van der Waals surface area contributed by atoms with Gasteiger partial charge in [-0.3, -0.25) is 0 Å². The molecule has 2 nitrogen and oxygen atoms in total. The van der Waals surface area contributed by atoms with Gasteiger partial charge in [-0.05, 0) is 113 Å². The maximum atomic E-state index is 5.33. The molecule has 11 aromatic rings. The minimum absolute atomic E-state index is 0.520. The van der Waals surface area contributed by atoms with Crippen LogP contribution in [0, 0.1) is 0 Å². The highest BCUT2D eigenvalue weighted by Gasteiger charge is 2.46. The smallest absolute Gasteiger partial charge is 0.161 e. The maximum Gasteiger partial charge on any atom is 0.161 e. The molecule has 0 atom stereocenters. The average Bonchev–Trinajstić information content (AvgIpc) is 3.62. The van der Waals surface area contributed by atoms with E-state index in [9.17, 15) is 0 Å². The van der Waals surface area contributed by atoms with E-state index in [0.717, 1.165) is 38.9 Å². The maximum absolute atomic E-state index is 5.33. The molecule has 0 fully saturated rings. The van der Waals surface area contributed by atoms with Gasteiger partial charge >= 0.3 is 0 Å². The van der Waals surface area contributed by atoms with Crippen LogP contribution >= 0.6 is 0 Å². The summed E-state index contributed by atoms with van der Waals surface area (Å²) in [5, 5.41) is 7.16. The Labute approximate surface area is 355 Å². The normalized spacial score (nSPS) is 12.7. The summed E-state index contributed by atoms with van der Waals surface area (Å²) in [5.74, 6) is 0.705. The molecule has 0 aliphatic heterocycles. The molecular weight excluding hydrogens is 737 g/mol. The summed E-state index contributed by atoms with van der Waals surface area (Å²) in [5.41, 5.74) is 14.4. The summed E-state index contributed by atoms with van der Waals surface area (Å²) in [6.07, 6.45) is 0. The number of aromatic nitrogens is 2. The molecule has 284 valence electrons. The van der Waals surface area contributed by atoms with Gasteiger partial charge in [0.25, 0.3) is 0 Å². The lowest BCUT2D eigenvalue weighted by Gasteiger charge is -2.34. The average molecular weight is 775 g/mol. The quantitative estimate of drug-likeness (QED) is 0.168. The first-order chi connectivity index (χ1) is 30.2. The van der Waals surface area contributed by atoms with E-state index in [1.807, 2.05) is 6.07 Å². The third-order valence-corrected chi connectivity index (χ3v) is 12.7. The van der Waals surface area contributed by atoms with Crippen molar-refractivity contribution in [1.29, 1.82) is 0 Å². The molecule has 0 unspecified atom stereocenters. The van der Waals surface area contributed by atoms with Crippen molar-refractivity contribution in [3.05, 3.63) is 253 Å². The van der Waals surface area contributed by atoms with Gasteiger partial charge in [-0.1, -0.05) is 194 Å². The summed E-state index contributed by atoms with van der Waals surface area (Å²) in [7, 11) is 0. The van der Waals surface area contributed by atoms with Crippen LogP contribution in [0.2, 0.25) is 0 Å². The molecule has 1 aliphatic carbocycles. The van der Waals surface area contributed by atoms with Crippen LogP contribution in [0.4, 0.5) is 0 Å². The predicted octanol–water partition coefficient (Wildman–Crippen LogP) is 15.0. The molecule has 1 aromatic heterocycles. The first kappa shape index (κ1) is 35.0. The molecule has 0 amide bonds. The third kappa shape index (κ3) is 5.64. The van der Waals surface area contributed by atoms with Crippen molar-refractivity contribution in [1.82, 2.24) is 9.97 Å². The first-order valence-corrected chi connectivity index (χ1v) is 21.0. The monoisotopic (exact) mass is 774 g/mol. The second-order valence-corrected chi connectivity index (χ2v) is 16.1. The van der Waals surface area contributed by atoms with E-state index in [1.54, 1.807) is 0 Å². The summed E-state index contributed by atoms with van der Waals surface area (Å²) in [4.78, 5) is 10.6. The number of hydrogen-bond donors (Lipinski definition) is 0. The molecule has 0 spiro atoms. The number of benzene rings is 10. The zero-order valence-corrected chi connectivity index (χ0v) is 33.3. The van der Waals surface area contributed by atoms with Gasteiger partial charge in [0, 0.05) is 16.7 Å². The lowest BCUT2D eigenvalue weighted by atomic mass is 9.67. The van der Waals surface area contributed by atoms with Crippen molar-refractivity contribution < 1.29 is 0 Å². The Morgan fingerprint density at radius 3 is 1.46 bits per heavy atom. The lowest BCUT2D eigenvalue weighted by Crippen LogP contribution is -2.28. The molecule has 1 aliphatic rings. The largest absolute Gasteiger partial charge is 0.228 e. The van der Waals surface area contributed by atoms with E-state index in [-0.39, 0.29) is 0 Å². The molecule has 0 radical (unpaired) electrons. The summed E-state index contributed by atoms with van der Waals surface area (Å²) < 4.78 is 0. The minimum atomic E-state index is -0.520. The molecule has 12 rings (SSSR count). The zero-order valence-electron chi connectivity index (χ0n) is 33.3. The van der Waals surface area contributed by atoms with Crippen LogP contribution in [-0.2, 0) is 5.41 Å². The Bertz CT molecular complexity index is 3420. The van der Waals surface area contributed by atoms with E-state index < -0.39 is 5.41 Å². The Morgan fingerprint density at radius 1 is 0.279 bits per heavy atom. The van der Waals surface area contributed by atoms with Crippen molar-refractivity contribution in [2.45, 2.75) is 5.41 Å². The van der Waals surface area contributed by atoms with Crippen LogP contribution in [0.1, 0.15) is 22.3 Å². The second-order valence-electron chi connectivity index (χ2n) is 16.1. The third-order valence-electron chi connectivity index (χ3n) is 12.7. The fourth-order valence-electron chi connectivity index (χ4n) is 9.91. The van der Waals surface area contributed by atoms with Crippen LogP contribution in [0.25, 0.3) is 88.5 Å². The molecule has 0 saturated carbocycles.